The number of benzene rings is 2. The molecule has 2 aromatic rings. The lowest BCUT2D eigenvalue weighted by molar-refractivity contribution is 0.0609. The maximum atomic E-state index is 12.6. The molecule has 0 aliphatic carbocycles. The summed E-state index contributed by atoms with van der Waals surface area (Å²) in [5.74, 6) is -0.685. The Morgan fingerprint density at radius 2 is 1.70 bits per heavy atom. The fourth-order valence-corrected chi connectivity index (χ4v) is 2.74. The zero-order valence-corrected chi connectivity index (χ0v) is 12.7. The molecule has 1 N–H and O–H groups in total. The predicted molar refractivity (Wildman–Crippen MR) is 84.3 cm³/mol. The van der Waals surface area contributed by atoms with E-state index in [0.29, 0.717) is 16.5 Å². The minimum Gasteiger partial charge on any atom is -0.450 e. The van der Waals surface area contributed by atoms with Crippen LogP contribution in [-0.4, -0.2) is 42.5 Å². The molecule has 0 saturated carbocycles. The average Bonchev–Trinajstić information content (AvgIpc) is 2.56. The van der Waals surface area contributed by atoms with Crippen LogP contribution in [0.4, 0.5) is 4.79 Å². The SMILES string of the molecule is CCOC(=O)NCCN1C(=O)c2cccc3cccc(c23)C1=O. The van der Waals surface area contributed by atoms with Crippen molar-refractivity contribution < 1.29 is 19.1 Å². The van der Waals surface area contributed by atoms with E-state index in [2.05, 4.69) is 5.32 Å². The Labute approximate surface area is 133 Å². The number of alkyl carbamates (subject to hydrolysis) is 1. The molecule has 0 saturated heterocycles. The number of amides is 3. The van der Waals surface area contributed by atoms with Crippen LogP contribution in [0.15, 0.2) is 36.4 Å². The summed E-state index contributed by atoms with van der Waals surface area (Å²) in [6, 6.07) is 10.8. The van der Waals surface area contributed by atoms with Crippen LogP contribution in [0, 0.1) is 0 Å². The van der Waals surface area contributed by atoms with E-state index < -0.39 is 6.09 Å². The minimum absolute atomic E-state index is 0.0984. The number of rotatable bonds is 4. The van der Waals surface area contributed by atoms with E-state index in [-0.39, 0.29) is 31.5 Å². The largest absolute Gasteiger partial charge is 0.450 e. The van der Waals surface area contributed by atoms with Crippen molar-refractivity contribution in [2.24, 2.45) is 0 Å². The standard InChI is InChI=1S/C17H16N2O4/c1-2-23-17(22)18-9-10-19-15(20)12-7-3-5-11-6-4-8-13(14(11)12)16(19)21/h3-8H,2,9-10H2,1H3,(H,18,22). The third-order valence-electron chi connectivity index (χ3n) is 3.74. The molecule has 1 aliphatic rings. The highest BCUT2D eigenvalue weighted by Gasteiger charge is 2.32. The Bertz CT molecular complexity index is 750. The number of carbonyl (C=O) groups excluding carboxylic acids is 3. The first kappa shape index (κ1) is 15.0. The van der Waals surface area contributed by atoms with E-state index in [9.17, 15) is 14.4 Å². The van der Waals surface area contributed by atoms with Gasteiger partial charge in [-0.2, -0.15) is 0 Å². The van der Waals surface area contributed by atoms with E-state index >= 15 is 0 Å². The molecule has 23 heavy (non-hydrogen) atoms. The smallest absolute Gasteiger partial charge is 0.407 e. The van der Waals surface area contributed by atoms with Gasteiger partial charge in [0, 0.05) is 29.6 Å². The Hall–Kier alpha value is -2.89. The number of carbonyl (C=O) groups is 3. The molecule has 118 valence electrons. The van der Waals surface area contributed by atoms with Crippen LogP contribution in [0.3, 0.4) is 0 Å². The summed E-state index contributed by atoms with van der Waals surface area (Å²) < 4.78 is 4.75. The first-order valence-electron chi connectivity index (χ1n) is 7.42. The van der Waals surface area contributed by atoms with Crippen molar-refractivity contribution in [3.8, 4) is 0 Å². The Kier molecular flexibility index (Phi) is 3.97. The molecule has 0 unspecified atom stereocenters. The lowest BCUT2D eigenvalue weighted by Gasteiger charge is -2.27. The van der Waals surface area contributed by atoms with Gasteiger partial charge in [-0.3, -0.25) is 14.5 Å². The molecule has 0 bridgehead atoms. The van der Waals surface area contributed by atoms with Crippen molar-refractivity contribution >= 4 is 28.7 Å². The summed E-state index contributed by atoms with van der Waals surface area (Å²) >= 11 is 0. The second kappa shape index (κ2) is 6.08. The number of ether oxygens (including phenoxy) is 1. The van der Waals surface area contributed by atoms with Crippen LogP contribution in [0.1, 0.15) is 27.6 Å². The van der Waals surface area contributed by atoms with Gasteiger partial charge in [-0.1, -0.05) is 24.3 Å². The van der Waals surface area contributed by atoms with E-state index in [0.717, 1.165) is 10.3 Å². The summed E-state index contributed by atoms with van der Waals surface area (Å²) in [5, 5.41) is 4.07. The minimum atomic E-state index is -0.563. The highest BCUT2D eigenvalue weighted by Crippen LogP contribution is 2.29. The molecule has 0 radical (unpaired) electrons. The first-order chi connectivity index (χ1) is 11.1. The summed E-state index contributed by atoms with van der Waals surface area (Å²) in [7, 11) is 0. The van der Waals surface area contributed by atoms with Crippen LogP contribution in [-0.2, 0) is 4.74 Å². The van der Waals surface area contributed by atoms with Gasteiger partial charge in [-0.25, -0.2) is 4.79 Å². The first-order valence-corrected chi connectivity index (χ1v) is 7.42. The van der Waals surface area contributed by atoms with Crippen LogP contribution in [0.2, 0.25) is 0 Å². The molecule has 1 heterocycles. The molecule has 6 nitrogen and oxygen atoms in total. The fourth-order valence-electron chi connectivity index (χ4n) is 2.74. The molecular formula is C17H16N2O4. The molecule has 0 atom stereocenters. The number of nitrogens with zero attached hydrogens (tertiary/aromatic N) is 1. The van der Waals surface area contributed by atoms with E-state index in [4.69, 9.17) is 4.74 Å². The van der Waals surface area contributed by atoms with Gasteiger partial charge in [-0.05, 0) is 24.4 Å². The molecular weight excluding hydrogens is 296 g/mol. The Balaban J connectivity index is 1.84. The Morgan fingerprint density at radius 3 is 2.26 bits per heavy atom. The molecule has 0 fully saturated rings. The zero-order valence-electron chi connectivity index (χ0n) is 12.7. The zero-order chi connectivity index (χ0) is 16.4. The fraction of sp³-hybridized carbons (Fsp3) is 0.235. The molecule has 3 rings (SSSR count). The number of nitrogens with one attached hydrogen (secondary N) is 1. The van der Waals surface area contributed by atoms with Crippen molar-refractivity contribution in [2.75, 3.05) is 19.7 Å². The average molecular weight is 312 g/mol. The molecule has 3 amide bonds. The van der Waals surface area contributed by atoms with Gasteiger partial charge in [0.05, 0.1) is 6.61 Å². The van der Waals surface area contributed by atoms with Crippen molar-refractivity contribution in [3.63, 3.8) is 0 Å². The second-order valence-corrected chi connectivity index (χ2v) is 5.12. The van der Waals surface area contributed by atoms with Gasteiger partial charge in [-0.15, -0.1) is 0 Å². The quantitative estimate of drug-likeness (QED) is 0.878. The van der Waals surface area contributed by atoms with E-state index in [1.165, 1.54) is 0 Å². The second-order valence-electron chi connectivity index (χ2n) is 5.12. The van der Waals surface area contributed by atoms with Gasteiger partial charge < -0.3 is 10.1 Å². The summed E-state index contributed by atoms with van der Waals surface area (Å²) in [5.41, 5.74) is 1.02. The number of imide groups is 1. The summed E-state index contributed by atoms with van der Waals surface area (Å²) in [6.07, 6.45) is -0.563. The van der Waals surface area contributed by atoms with E-state index in [1.807, 2.05) is 12.1 Å². The van der Waals surface area contributed by atoms with Crippen molar-refractivity contribution in [3.05, 3.63) is 47.5 Å². The van der Waals surface area contributed by atoms with Crippen LogP contribution in [0.25, 0.3) is 10.8 Å². The van der Waals surface area contributed by atoms with Gasteiger partial charge in [0.2, 0.25) is 0 Å². The van der Waals surface area contributed by atoms with Crippen LogP contribution >= 0.6 is 0 Å². The van der Waals surface area contributed by atoms with Gasteiger partial charge >= 0.3 is 6.09 Å². The van der Waals surface area contributed by atoms with Crippen LogP contribution in [0.5, 0.6) is 0 Å². The van der Waals surface area contributed by atoms with Gasteiger partial charge in [0.25, 0.3) is 11.8 Å². The number of hydrogen-bond acceptors (Lipinski definition) is 4. The van der Waals surface area contributed by atoms with Gasteiger partial charge in [0.15, 0.2) is 0 Å². The molecule has 1 aliphatic heterocycles. The maximum absolute atomic E-state index is 12.6. The topological polar surface area (TPSA) is 75.7 Å². The third-order valence-corrected chi connectivity index (χ3v) is 3.74. The third kappa shape index (κ3) is 2.63. The molecule has 2 aromatic carbocycles. The maximum Gasteiger partial charge on any atom is 0.407 e. The predicted octanol–water partition coefficient (Wildman–Crippen LogP) is 2.18. The highest BCUT2D eigenvalue weighted by molar-refractivity contribution is 6.25. The monoisotopic (exact) mass is 312 g/mol. The van der Waals surface area contributed by atoms with Crippen molar-refractivity contribution in [2.45, 2.75) is 6.92 Å². The van der Waals surface area contributed by atoms with Crippen molar-refractivity contribution in [1.82, 2.24) is 10.2 Å². The van der Waals surface area contributed by atoms with E-state index in [1.54, 1.807) is 31.2 Å². The Morgan fingerprint density at radius 1 is 1.09 bits per heavy atom. The molecule has 6 heteroatoms. The molecule has 0 spiro atoms. The van der Waals surface area contributed by atoms with Gasteiger partial charge in [0.1, 0.15) is 0 Å². The number of hydrogen-bond donors (Lipinski definition) is 1. The van der Waals surface area contributed by atoms with Crippen molar-refractivity contribution in [1.29, 1.82) is 0 Å². The molecule has 0 aromatic heterocycles. The lowest BCUT2D eigenvalue weighted by Crippen LogP contribution is -2.44. The highest BCUT2D eigenvalue weighted by atomic mass is 16.5. The summed E-state index contributed by atoms with van der Waals surface area (Å²) in [4.78, 5) is 37.6. The lowest BCUT2D eigenvalue weighted by atomic mass is 9.94. The summed E-state index contributed by atoms with van der Waals surface area (Å²) in [6.45, 7) is 2.22. The normalized spacial score (nSPS) is 13.3. The van der Waals surface area contributed by atoms with Crippen LogP contribution < -0.4 is 5.32 Å².